The monoisotopic (exact) mass is 358 g/mol. The van der Waals surface area contributed by atoms with Crippen molar-refractivity contribution in [3.05, 3.63) is 35.4 Å². The maximum atomic E-state index is 12.9. The van der Waals surface area contributed by atoms with Crippen molar-refractivity contribution in [3.63, 3.8) is 0 Å². The number of nitrogens with zero attached hydrogens (tertiary/aromatic N) is 2. The first kappa shape index (κ1) is 19.4. The maximum Gasteiger partial charge on any atom is 0.253 e. The number of aliphatic hydroxyl groups is 1. The van der Waals surface area contributed by atoms with Crippen LogP contribution in [0.2, 0.25) is 0 Å². The van der Waals surface area contributed by atoms with Gasteiger partial charge in [-0.1, -0.05) is 31.4 Å². The molecule has 1 heterocycles. The quantitative estimate of drug-likeness (QED) is 0.889. The average molecular weight is 359 g/mol. The van der Waals surface area contributed by atoms with E-state index in [4.69, 9.17) is 0 Å². The predicted molar refractivity (Wildman–Crippen MR) is 105 cm³/mol. The Morgan fingerprint density at radius 2 is 1.65 bits per heavy atom. The topological polar surface area (TPSA) is 43.8 Å². The molecule has 1 atom stereocenters. The molecule has 1 saturated carbocycles. The number of benzene rings is 1. The number of amides is 1. The Balaban J connectivity index is 1.61. The van der Waals surface area contributed by atoms with Gasteiger partial charge in [0.25, 0.3) is 5.91 Å². The molecule has 3 rings (SSSR count). The number of carbonyl (C=O) groups excluding carboxylic acids is 1. The first-order valence-electron chi connectivity index (χ1n) is 10.4. The lowest BCUT2D eigenvalue weighted by Gasteiger charge is -2.27. The highest BCUT2D eigenvalue weighted by molar-refractivity contribution is 5.94. The Kier molecular flexibility index (Phi) is 6.71. The van der Waals surface area contributed by atoms with Crippen LogP contribution in [0.4, 0.5) is 0 Å². The number of hydrogen-bond acceptors (Lipinski definition) is 3. The Bertz CT molecular complexity index is 578. The Morgan fingerprint density at radius 1 is 0.962 bits per heavy atom. The molecule has 1 aliphatic carbocycles. The van der Waals surface area contributed by atoms with Crippen molar-refractivity contribution >= 4 is 5.91 Å². The highest BCUT2D eigenvalue weighted by Crippen LogP contribution is 2.34. The largest absolute Gasteiger partial charge is 0.388 e. The van der Waals surface area contributed by atoms with E-state index in [-0.39, 0.29) is 5.91 Å². The van der Waals surface area contributed by atoms with E-state index in [0.717, 1.165) is 56.6 Å². The molecule has 0 aromatic heterocycles. The van der Waals surface area contributed by atoms with Crippen LogP contribution in [-0.2, 0) is 0 Å². The second-order valence-electron chi connectivity index (χ2n) is 8.24. The molecule has 1 unspecified atom stereocenters. The number of hydrogen-bond donors (Lipinski definition) is 1. The third-order valence-electron chi connectivity index (χ3n) is 6.14. The molecule has 2 aliphatic rings. The van der Waals surface area contributed by atoms with Gasteiger partial charge in [-0.2, -0.15) is 0 Å². The molecule has 26 heavy (non-hydrogen) atoms. The molecule has 4 nitrogen and oxygen atoms in total. The molecule has 1 aromatic rings. The lowest BCUT2D eigenvalue weighted by molar-refractivity contribution is 0.0757. The fourth-order valence-electron chi connectivity index (χ4n) is 4.38. The second-order valence-corrected chi connectivity index (χ2v) is 8.24. The van der Waals surface area contributed by atoms with Crippen molar-refractivity contribution in [2.75, 3.05) is 26.2 Å². The van der Waals surface area contributed by atoms with Gasteiger partial charge in [-0.3, -0.25) is 9.69 Å². The molecule has 2 fully saturated rings. The van der Waals surface area contributed by atoms with Crippen LogP contribution in [0.25, 0.3) is 0 Å². The summed E-state index contributed by atoms with van der Waals surface area (Å²) >= 11 is 0. The molecular formula is C22H34N2O2. The maximum absolute atomic E-state index is 12.9. The van der Waals surface area contributed by atoms with Crippen molar-refractivity contribution in [1.29, 1.82) is 0 Å². The van der Waals surface area contributed by atoms with E-state index in [0.29, 0.717) is 12.0 Å². The van der Waals surface area contributed by atoms with Crippen molar-refractivity contribution in [3.8, 4) is 0 Å². The van der Waals surface area contributed by atoms with Crippen LogP contribution in [0.1, 0.15) is 74.4 Å². The van der Waals surface area contributed by atoms with E-state index in [1.807, 2.05) is 29.2 Å². The molecule has 1 saturated heterocycles. The zero-order valence-corrected chi connectivity index (χ0v) is 16.4. The molecule has 0 bridgehead atoms. The van der Waals surface area contributed by atoms with Crippen LogP contribution in [0, 0.1) is 5.92 Å². The molecule has 0 radical (unpaired) electrons. The summed E-state index contributed by atoms with van der Waals surface area (Å²) in [6, 6.07) is 8.23. The molecular weight excluding hydrogens is 324 g/mol. The van der Waals surface area contributed by atoms with Gasteiger partial charge < -0.3 is 10.0 Å². The van der Waals surface area contributed by atoms with E-state index in [9.17, 15) is 9.90 Å². The van der Waals surface area contributed by atoms with E-state index < -0.39 is 6.10 Å². The van der Waals surface area contributed by atoms with E-state index in [1.54, 1.807) is 0 Å². The Labute approximate surface area is 158 Å². The van der Waals surface area contributed by atoms with Crippen LogP contribution >= 0.6 is 0 Å². The van der Waals surface area contributed by atoms with Gasteiger partial charge in [-0.25, -0.2) is 0 Å². The number of aliphatic hydroxyl groups excluding tert-OH is 1. The zero-order valence-electron chi connectivity index (χ0n) is 16.4. The summed E-state index contributed by atoms with van der Waals surface area (Å²) in [6.07, 6.45) is 6.60. The molecule has 144 valence electrons. The summed E-state index contributed by atoms with van der Waals surface area (Å²) in [5.41, 5.74) is 1.69. The lowest BCUT2D eigenvalue weighted by Crippen LogP contribution is -2.37. The van der Waals surface area contributed by atoms with Crippen molar-refractivity contribution in [2.24, 2.45) is 5.92 Å². The fraction of sp³-hybridized carbons (Fsp3) is 0.682. The summed E-state index contributed by atoms with van der Waals surface area (Å²) in [5.74, 6) is 0.493. The van der Waals surface area contributed by atoms with E-state index >= 15 is 0 Å². The minimum Gasteiger partial charge on any atom is -0.388 e. The van der Waals surface area contributed by atoms with Gasteiger partial charge in [0, 0.05) is 37.8 Å². The van der Waals surface area contributed by atoms with Gasteiger partial charge >= 0.3 is 0 Å². The van der Waals surface area contributed by atoms with Gasteiger partial charge in [-0.15, -0.1) is 0 Å². The van der Waals surface area contributed by atoms with Gasteiger partial charge in [0.15, 0.2) is 0 Å². The van der Waals surface area contributed by atoms with Crippen molar-refractivity contribution in [2.45, 2.75) is 64.5 Å². The SMILES string of the molecule is CC(C)N1CCCN(C(=O)c2ccc(C(O)C3CCCCC3)cc2)CC1. The van der Waals surface area contributed by atoms with Gasteiger partial charge in [0.2, 0.25) is 0 Å². The summed E-state index contributed by atoms with van der Waals surface area (Å²) in [6.45, 7) is 8.06. The van der Waals surface area contributed by atoms with Gasteiger partial charge in [0.05, 0.1) is 6.10 Å². The summed E-state index contributed by atoms with van der Waals surface area (Å²) < 4.78 is 0. The number of carbonyl (C=O) groups is 1. The average Bonchev–Trinajstić information content (AvgIpc) is 2.94. The normalized spacial score (nSPS) is 21.6. The van der Waals surface area contributed by atoms with Crippen LogP contribution < -0.4 is 0 Å². The second kappa shape index (κ2) is 9.01. The van der Waals surface area contributed by atoms with E-state index in [1.165, 1.54) is 19.3 Å². The molecule has 1 aromatic carbocycles. The van der Waals surface area contributed by atoms with Crippen LogP contribution in [0.3, 0.4) is 0 Å². The standard InChI is InChI=1S/C22H34N2O2/c1-17(2)23-13-6-14-24(16-15-23)22(26)20-11-9-19(10-12-20)21(25)18-7-4-3-5-8-18/h9-12,17-18,21,25H,3-8,13-16H2,1-2H3. The smallest absolute Gasteiger partial charge is 0.253 e. The van der Waals surface area contributed by atoms with Gasteiger partial charge in [0.1, 0.15) is 0 Å². The molecule has 0 spiro atoms. The van der Waals surface area contributed by atoms with Crippen LogP contribution in [0.5, 0.6) is 0 Å². The minimum atomic E-state index is -0.391. The first-order chi connectivity index (χ1) is 12.6. The zero-order chi connectivity index (χ0) is 18.5. The van der Waals surface area contributed by atoms with Crippen LogP contribution in [-0.4, -0.2) is 53.0 Å². The molecule has 1 N–H and O–H groups in total. The lowest BCUT2D eigenvalue weighted by atomic mass is 9.82. The summed E-state index contributed by atoms with van der Waals surface area (Å²) in [5, 5.41) is 10.6. The van der Waals surface area contributed by atoms with Gasteiger partial charge in [-0.05, 0) is 56.7 Å². The number of rotatable bonds is 4. The summed E-state index contributed by atoms with van der Waals surface area (Å²) in [4.78, 5) is 17.3. The third kappa shape index (κ3) is 4.66. The third-order valence-corrected chi connectivity index (χ3v) is 6.14. The molecule has 1 amide bonds. The fourth-order valence-corrected chi connectivity index (χ4v) is 4.38. The summed E-state index contributed by atoms with van der Waals surface area (Å²) in [7, 11) is 0. The van der Waals surface area contributed by atoms with Crippen molar-refractivity contribution in [1.82, 2.24) is 9.80 Å². The van der Waals surface area contributed by atoms with Crippen molar-refractivity contribution < 1.29 is 9.90 Å². The Hall–Kier alpha value is -1.39. The minimum absolute atomic E-state index is 0.120. The highest BCUT2D eigenvalue weighted by atomic mass is 16.3. The first-order valence-corrected chi connectivity index (χ1v) is 10.4. The molecule has 4 heteroatoms. The predicted octanol–water partition coefficient (Wildman–Crippen LogP) is 3.86. The highest BCUT2D eigenvalue weighted by Gasteiger charge is 2.24. The van der Waals surface area contributed by atoms with Crippen LogP contribution in [0.15, 0.2) is 24.3 Å². The molecule has 1 aliphatic heterocycles. The Morgan fingerprint density at radius 3 is 2.31 bits per heavy atom. The van der Waals surface area contributed by atoms with E-state index in [2.05, 4.69) is 18.7 Å².